The van der Waals surface area contributed by atoms with Gasteiger partial charge in [-0.2, -0.15) is 5.10 Å². The SMILES string of the molecule is CC(C)CNCc1ccccc1OCCc1cnn(C)c1. The number of ether oxygens (including phenoxy) is 1. The summed E-state index contributed by atoms with van der Waals surface area (Å²) >= 11 is 0. The van der Waals surface area contributed by atoms with Crippen molar-refractivity contribution in [1.82, 2.24) is 15.1 Å². The molecule has 0 bridgehead atoms. The summed E-state index contributed by atoms with van der Waals surface area (Å²) in [6, 6.07) is 8.23. The van der Waals surface area contributed by atoms with Gasteiger partial charge in [0.1, 0.15) is 5.75 Å². The second-order valence-electron chi connectivity index (χ2n) is 5.75. The molecule has 1 aromatic carbocycles. The van der Waals surface area contributed by atoms with E-state index >= 15 is 0 Å². The summed E-state index contributed by atoms with van der Waals surface area (Å²) in [4.78, 5) is 0. The first-order valence-electron chi connectivity index (χ1n) is 7.54. The van der Waals surface area contributed by atoms with E-state index in [0.717, 1.165) is 25.3 Å². The van der Waals surface area contributed by atoms with Gasteiger partial charge in [-0.3, -0.25) is 4.68 Å². The summed E-state index contributed by atoms with van der Waals surface area (Å²) in [6.45, 7) is 6.96. The van der Waals surface area contributed by atoms with Gasteiger partial charge in [-0.05, 0) is 24.1 Å². The predicted molar refractivity (Wildman–Crippen MR) is 85.4 cm³/mol. The van der Waals surface area contributed by atoms with E-state index in [0.29, 0.717) is 12.5 Å². The summed E-state index contributed by atoms with van der Waals surface area (Å²) < 4.78 is 7.75. The molecule has 21 heavy (non-hydrogen) atoms. The normalized spacial score (nSPS) is 11.0. The first-order chi connectivity index (χ1) is 10.1. The number of hydrogen-bond donors (Lipinski definition) is 1. The third-order valence-electron chi connectivity index (χ3n) is 3.25. The van der Waals surface area contributed by atoms with Crippen LogP contribution in [0.2, 0.25) is 0 Å². The van der Waals surface area contributed by atoms with E-state index in [9.17, 15) is 0 Å². The number of hydrogen-bond acceptors (Lipinski definition) is 3. The molecular formula is C17H25N3O. The van der Waals surface area contributed by atoms with Crippen LogP contribution < -0.4 is 10.1 Å². The Balaban J connectivity index is 1.84. The van der Waals surface area contributed by atoms with Crippen molar-refractivity contribution in [2.75, 3.05) is 13.2 Å². The molecular weight excluding hydrogens is 262 g/mol. The molecule has 1 heterocycles. The van der Waals surface area contributed by atoms with Crippen LogP contribution in [0.25, 0.3) is 0 Å². The summed E-state index contributed by atoms with van der Waals surface area (Å²) in [7, 11) is 1.93. The summed E-state index contributed by atoms with van der Waals surface area (Å²) in [5.41, 5.74) is 2.41. The highest BCUT2D eigenvalue weighted by atomic mass is 16.5. The highest BCUT2D eigenvalue weighted by Gasteiger charge is 2.04. The fourth-order valence-corrected chi connectivity index (χ4v) is 2.17. The van der Waals surface area contributed by atoms with Gasteiger partial charge in [-0.25, -0.2) is 0 Å². The van der Waals surface area contributed by atoms with Gasteiger partial charge in [0.2, 0.25) is 0 Å². The molecule has 0 aliphatic carbocycles. The smallest absolute Gasteiger partial charge is 0.123 e. The third kappa shape index (κ3) is 5.23. The number of aromatic nitrogens is 2. The molecule has 0 saturated carbocycles. The third-order valence-corrected chi connectivity index (χ3v) is 3.25. The lowest BCUT2D eigenvalue weighted by Crippen LogP contribution is -2.19. The number of nitrogens with one attached hydrogen (secondary N) is 1. The monoisotopic (exact) mass is 287 g/mol. The van der Waals surface area contributed by atoms with Gasteiger partial charge in [-0.1, -0.05) is 32.0 Å². The van der Waals surface area contributed by atoms with E-state index in [1.165, 1.54) is 11.1 Å². The number of nitrogens with zero attached hydrogens (tertiary/aromatic N) is 2. The maximum Gasteiger partial charge on any atom is 0.123 e. The molecule has 0 fully saturated rings. The minimum Gasteiger partial charge on any atom is -0.493 e. The average Bonchev–Trinajstić information content (AvgIpc) is 2.86. The zero-order valence-electron chi connectivity index (χ0n) is 13.2. The molecule has 0 unspecified atom stereocenters. The predicted octanol–water partition coefficient (Wildman–Crippen LogP) is 2.79. The fourth-order valence-electron chi connectivity index (χ4n) is 2.17. The average molecular weight is 287 g/mol. The quantitative estimate of drug-likeness (QED) is 0.811. The molecule has 2 aromatic rings. The van der Waals surface area contributed by atoms with Crippen molar-refractivity contribution >= 4 is 0 Å². The second-order valence-corrected chi connectivity index (χ2v) is 5.75. The van der Waals surface area contributed by atoms with Crippen LogP contribution in [0, 0.1) is 5.92 Å². The molecule has 0 aliphatic rings. The van der Waals surface area contributed by atoms with Crippen LogP contribution >= 0.6 is 0 Å². The van der Waals surface area contributed by atoms with Crippen molar-refractivity contribution in [2.45, 2.75) is 26.8 Å². The molecule has 1 N–H and O–H groups in total. The van der Waals surface area contributed by atoms with E-state index in [-0.39, 0.29) is 0 Å². The fraction of sp³-hybridized carbons (Fsp3) is 0.471. The topological polar surface area (TPSA) is 39.1 Å². The summed E-state index contributed by atoms with van der Waals surface area (Å²) in [6.07, 6.45) is 4.79. The van der Waals surface area contributed by atoms with E-state index in [2.05, 4.69) is 36.4 Å². The maximum absolute atomic E-state index is 5.93. The van der Waals surface area contributed by atoms with Gasteiger partial charge in [0, 0.05) is 31.8 Å². The number of aryl methyl sites for hydroxylation is 1. The molecule has 0 amide bonds. The van der Waals surface area contributed by atoms with Crippen molar-refractivity contribution in [2.24, 2.45) is 13.0 Å². The lowest BCUT2D eigenvalue weighted by atomic mass is 10.2. The summed E-state index contributed by atoms with van der Waals surface area (Å²) in [5.74, 6) is 1.63. The highest BCUT2D eigenvalue weighted by Crippen LogP contribution is 2.18. The van der Waals surface area contributed by atoms with Crippen LogP contribution in [-0.2, 0) is 20.0 Å². The molecule has 114 valence electrons. The van der Waals surface area contributed by atoms with Gasteiger partial charge < -0.3 is 10.1 Å². The van der Waals surface area contributed by atoms with E-state index < -0.39 is 0 Å². The molecule has 2 rings (SSSR count). The minimum atomic E-state index is 0.656. The standard InChI is InChI=1S/C17H25N3O/c1-14(2)10-18-12-16-6-4-5-7-17(16)21-9-8-15-11-19-20(3)13-15/h4-7,11,13-14,18H,8-10,12H2,1-3H3. The molecule has 4 nitrogen and oxygen atoms in total. The van der Waals surface area contributed by atoms with Crippen molar-refractivity contribution in [1.29, 1.82) is 0 Å². The largest absolute Gasteiger partial charge is 0.493 e. The first kappa shape index (κ1) is 15.6. The molecule has 0 saturated heterocycles. The molecule has 0 radical (unpaired) electrons. The Bertz CT molecular complexity index is 548. The minimum absolute atomic E-state index is 0.656. The Morgan fingerprint density at radius 2 is 2.10 bits per heavy atom. The second kappa shape index (κ2) is 7.84. The number of rotatable bonds is 8. The molecule has 0 atom stereocenters. The molecule has 0 aliphatic heterocycles. The van der Waals surface area contributed by atoms with Gasteiger partial charge in [-0.15, -0.1) is 0 Å². The first-order valence-corrected chi connectivity index (χ1v) is 7.54. The number of para-hydroxylation sites is 1. The van der Waals surface area contributed by atoms with Crippen molar-refractivity contribution < 1.29 is 4.74 Å². The lowest BCUT2D eigenvalue weighted by molar-refractivity contribution is 0.317. The Morgan fingerprint density at radius 3 is 2.81 bits per heavy atom. The van der Waals surface area contributed by atoms with Crippen LogP contribution in [0.3, 0.4) is 0 Å². The van der Waals surface area contributed by atoms with Gasteiger partial charge in [0.25, 0.3) is 0 Å². The summed E-state index contributed by atoms with van der Waals surface area (Å²) in [5, 5.41) is 7.63. The van der Waals surface area contributed by atoms with Crippen LogP contribution in [0.5, 0.6) is 5.75 Å². The zero-order chi connectivity index (χ0) is 15.1. The van der Waals surface area contributed by atoms with Crippen molar-refractivity contribution in [3.63, 3.8) is 0 Å². The van der Waals surface area contributed by atoms with Crippen LogP contribution in [0.4, 0.5) is 0 Å². The van der Waals surface area contributed by atoms with Crippen LogP contribution in [-0.4, -0.2) is 22.9 Å². The Kier molecular flexibility index (Phi) is 5.81. The molecule has 4 heteroatoms. The Hall–Kier alpha value is -1.81. The van der Waals surface area contributed by atoms with E-state index in [1.54, 1.807) is 0 Å². The Labute approximate surface area is 127 Å². The zero-order valence-corrected chi connectivity index (χ0v) is 13.2. The number of benzene rings is 1. The van der Waals surface area contributed by atoms with Crippen LogP contribution in [0.15, 0.2) is 36.7 Å². The van der Waals surface area contributed by atoms with E-state index in [4.69, 9.17) is 4.74 Å². The van der Waals surface area contributed by atoms with E-state index in [1.807, 2.05) is 36.3 Å². The van der Waals surface area contributed by atoms with Gasteiger partial charge in [0.15, 0.2) is 0 Å². The van der Waals surface area contributed by atoms with Crippen LogP contribution in [0.1, 0.15) is 25.0 Å². The van der Waals surface area contributed by atoms with Gasteiger partial charge in [0.05, 0.1) is 12.8 Å². The lowest BCUT2D eigenvalue weighted by Gasteiger charge is -2.13. The molecule has 1 aromatic heterocycles. The highest BCUT2D eigenvalue weighted by molar-refractivity contribution is 5.33. The van der Waals surface area contributed by atoms with Crippen molar-refractivity contribution in [3.8, 4) is 5.75 Å². The van der Waals surface area contributed by atoms with Crippen molar-refractivity contribution in [3.05, 3.63) is 47.8 Å². The Morgan fingerprint density at radius 1 is 1.29 bits per heavy atom. The van der Waals surface area contributed by atoms with Gasteiger partial charge >= 0.3 is 0 Å². The molecule has 0 spiro atoms. The maximum atomic E-state index is 5.93.